The minimum absolute atomic E-state index is 0.0571. The Labute approximate surface area is 220 Å². The number of aryl methyl sites for hydroxylation is 1. The molecule has 0 aliphatic heterocycles. The molecule has 0 unspecified atom stereocenters. The average Bonchev–Trinajstić information content (AvgIpc) is 2.82. The smallest absolute Gasteiger partial charge is 0.261 e. The van der Waals surface area contributed by atoms with Crippen molar-refractivity contribution in [3.05, 3.63) is 99.0 Å². The number of nitrogens with one attached hydrogen (secondary N) is 1. The van der Waals surface area contributed by atoms with Crippen LogP contribution in [0.2, 0.25) is 5.02 Å². The van der Waals surface area contributed by atoms with E-state index < -0.39 is 6.04 Å². The van der Waals surface area contributed by atoms with E-state index in [1.807, 2.05) is 75.4 Å². The van der Waals surface area contributed by atoms with Gasteiger partial charge in [0.1, 0.15) is 11.8 Å². The molecule has 0 aliphatic rings. The first-order valence-electron chi connectivity index (χ1n) is 11.5. The van der Waals surface area contributed by atoms with Crippen molar-refractivity contribution in [1.29, 1.82) is 0 Å². The minimum atomic E-state index is -0.703. The number of ether oxygens (including phenoxy) is 1. The van der Waals surface area contributed by atoms with Gasteiger partial charge in [-0.05, 0) is 66.0 Å². The van der Waals surface area contributed by atoms with Gasteiger partial charge in [0.05, 0.1) is 4.47 Å². The van der Waals surface area contributed by atoms with Crippen LogP contribution < -0.4 is 10.1 Å². The van der Waals surface area contributed by atoms with E-state index in [2.05, 4.69) is 21.2 Å². The first kappa shape index (κ1) is 26.8. The molecule has 7 heteroatoms. The monoisotopic (exact) mass is 556 g/mol. The molecule has 5 nitrogen and oxygen atoms in total. The Morgan fingerprint density at radius 2 is 1.69 bits per heavy atom. The Kier molecular flexibility index (Phi) is 9.75. The Hall–Kier alpha value is -2.83. The zero-order chi connectivity index (χ0) is 25.4. The molecule has 0 heterocycles. The highest BCUT2D eigenvalue weighted by atomic mass is 79.9. The van der Waals surface area contributed by atoms with Crippen LogP contribution in [0, 0.1) is 6.92 Å². The molecule has 0 saturated heterocycles. The van der Waals surface area contributed by atoms with Crippen molar-refractivity contribution in [2.45, 2.75) is 45.8 Å². The van der Waals surface area contributed by atoms with Gasteiger partial charge in [0, 0.05) is 24.0 Å². The lowest BCUT2D eigenvalue weighted by molar-refractivity contribution is -0.143. The number of carbonyl (C=O) groups excluding carboxylic acids is 2. The number of benzene rings is 3. The van der Waals surface area contributed by atoms with Gasteiger partial charge in [0.15, 0.2) is 6.61 Å². The summed E-state index contributed by atoms with van der Waals surface area (Å²) < 4.78 is 6.48. The van der Waals surface area contributed by atoms with Gasteiger partial charge >= 0.3 is 0 Å². The minimum Gasteiger partial charge on any atom is -0.483 e. The summed E-state index contributed by atoms with van der Waals surface area (Å²) in [7, 11) is 0. The van der Waals surface area contributed by atoms with Crippen molar-refractivity contribution in [3.63, 3.8) is 0 Å². The van der Waals surface area contributed by atoms with Crippen molar-refractivity contribution in [2.24, 2.45) is 0 Å². The Morgan fingerprint density at radius 1 is 1.00 bits per heavy atom. The van der Waals surface area contributed by atoms with Crippen molar-refractivity contribution in [1.82, 2.24) is 10.2 Å². The fourth-order valence-electron chi connectivity index (χ4n) is 3.64. The number of hydrogen-bond acceptors (Lipinski definition) is 3. The van der Waals surface area contributed by atoms with Crippen LogP contribution in [0.1, 0.15) is 30.5 Å². The van der Waals surface area contributed by atoms with Crippen molar-refractivity contribution >= 4 is 39.3 Å². The predicted octanol–water partition coefficient (Wildman–Crippen LogP) is 5.95. The molecule has 1 atom stereocenters. The molecule has 0 fully saturated rings. The number of amides is 2. The number of carbonyl (C=O) groups is 2. The molecule has 3 rings (SSSR count). The maximum atomic E-state index is 13.6. The third-order valence-electron chi connectivity index (χ3n) is 5.42. The Balaban J connectivity index is 1.91. The van der Waals surface area contributed by atoms with Crippen LogP contribution in [0.15, 0.2) is 77.3 Å². The van der Waals surface area contributed by atoms with Gasteiger partial charge in [0.2, 0.25) is 5.91 Å². The Morgan fingerprint density at radius 3 is 2.31 bits per heavy atom. The van der Waals surface area contributed by atoms with E-state index in [0.717, 1.165) is 16.7 Å². The van der Waals surface area contributed by atoms with Crippen molar-refractivity contribution < 1.29 is 14.3 Å². The van der Waals surface area contributed by atoms with Gasteiger partial charge in [-0.15, -0.1) is 0 Å². The summed E-state index contributed by atoms with van der Waals surface area (Å²) in [6, 6.07) is 22.0. The second-order valence-corrected chi connectivity index (χ2v) is 10.0. The van der Waals surface area contributed by atoms with Gasteiger partial charge < -0.3 is 15.0 Å². The standard InChI is InChI=1S/C28H30BrClN2O3/c1-19(2)31-28(34)25(15-21-7-5-4-6-8-21)32(17-22-11-9-20(3)10-12-22)27(33)18-35-26-14-13-23(30)16-24(26)29/h4-14,16,19,25H,15,17-18H2,1-3H3,(H,31,34)/t25-/m1/s1. The molecule has 0 spiro atoms. The van der Waals surface area contributed by atoms with Crippen LogP contribution in [0.3, 0.4) is 0 Å². The molecule has 0 aromatic heterocycles. The van der Waals surface area contributed by atoms with E-state index in [9.17, 15) is 9.59 Å². The van der Waals surface area contributed by atoms with Crippen molar-refractivity contribution in [3.8, 4) is 5.75 Å². The zero-order valence-electron chi connectivity index (χ0n) is 20.1. The molecule has 3 aromatic carbocycles. The molecular weight excluding hydrogens is 528 g/mol. The lowest BCUT2D eigenvalue weighted by atomic mass is 10.0. The molecular formula is C28H30BrClN2O3. The van der Waals surface area contributed by atoms with Crippen LogP contribution >= 0.6 is 27.5 Å². The largest absolute Gasteiger partial charge is 0.483 e. The summed E-state index contributed by atoms with van der Waals surface area (Å²) in [4.78, 5) is 28.5. The topological polar surface area (TPSA) is 58.6 Å². The summed E-state index contributed by atoms with van der Waals surface area (Å²) in [5.74, 6) is 0.0218. The fraction of sp³-hybridized carbons (Fsp3) is 0.286. The summed E-state index contributed by atoms with van der Waals surface area (Å²) in [5.41, 5.74) is 3.03. The summed E-state index contributed by atoms with van der Waals surface area (Å²) in [5, 5.41) is 3.55. The Bertz CT molecular complexity index is 1140. The molecule has 0 bridgehead atoms. The third kappa shape index (κ3) is 8.11. The molecule has 0 radical (unpaired) electrons. The van der Waals surface area contributed by atoms with E-state index in [0.29, 0.717) is 21.7 Å². The van der Waals surface area contributed by atoms with Gasteiger partial charge in [-0.1, -0.05) is 71.8 Å². The summed E-state index contributed by atoms with van der Waals surface area (Å²) >= 11 is 9.44. The van der Waals surface area contributed by atoms with Crippen LogP contribution in [0.25, 0.3) is 0 Å². The van der Waals surface area contributed by atoms with E-state index in [4.69, 9.17) is 16.3 Å². The molecule has 0 aliphatic carbocycles. The lowest BCUT2D eigenvalue weighted by Gasteiger charge is -2.32. The maximum absolute atomic E-state index is 13.6. The van der Waals surface area contributed by atoms with Crippen LogP contribution in [0.5, 0.6) is 5.75 Å². The van der Waals surface area contributed by atoms with E-state index in [1.165, 1.54) is 0 Å². The van der Waals surface area contributed by atoms with Crippen LogP contribution in [0.4, 0.5) is 0 Å². The highest BCUT2D eigenvalue weighted by Crippen LogP contribution is 2.28. The second-order valence-electron chi connectivity index (χ2n) is 8.74. The first-order chi connectivity index (χ1) is 16.7. The van der Waals surface area contributed by atoms with Gasteiger partial charge in [0.25, 0.3) is 5.91 Å². The van der Waals surface area contributed by atoms with Gasteiger partial charge in [-0.2, -0.15) is 0 Å². The average molecular weight is 558 g/mol. The number of nitrogens with zero attached hydrogens (tertiary/aromatic N) is 1. The number of hydrogen-bond donors (Lipinski definition) is 1. The van der Waals surface area contributed by atoms with Crippen LogP contribution in [-0.4, -0.2) is 35.4 Å². The lowest BCUT2D eigenvalue weighted by Crippen LogP contribution is -2.52. The fourth-order valence-corrected chi connectivity index (χ4v) is 4.44. The number of rotatable bonds is 10. The van der Waals surface area contributed by atoms with Crippen molar-refractivity contribution in [2.75, 3.05) is 6.61 Å². The normalized spacial score (nSPS) is 11.7. The SMILES string of the molecule is Cc1ccc(CN(C(=O)COc2ccc(Cl)cc2Br)[C@H](Cc2ccccc2)C(=O)NC(C)C)cc1. The highest BCUT2D eigenvalue weighted by molar-refractivity contribution is 9.10. The van der Waals surface area contributed by atoms with E-state index >= 15 is 0 Å². The molecule has 35 heavy (non-hydrogen) atoms. The van der Waals surface area contributed by atoms with E-state index in [1.54, 1.807) is 23.1 Å². The summed E-state index contributed by atoms with van der Waals surface area (Å²) in [6.45, 7) is 5.90. The summed E-state index contributed by atoms with van der Waals surface area (Å²) in [6.07, 6.45) is 0.391. The van der Waals surface area contributed by atoms with Gasteiger partial charge in [-0.25, -0.2) is 0 Å². The quantitative estimate of drug-likeness (QED) is 0.335. The maximum Gasteiger partial charge on any atom is 0.261 e. The molecule has 184 valence electrons. The molecule has 3 aromatic rings. The second kappa shape index (κ2) is 12.8. The zero-order valence-corrected chi connectivity index (χ0v) is 22.5. The molecule has 1 N–H and O–H groups in total. The third-order valence-corrected chi connectivity index (χ3v) is 6.28. The predicted molar refractivity (Wildman–Crippen MR) is 144 cm³/mol. The highest BCUT2D eigenvalue weighted by Gasteiger charge is 2.31. The molecule has 2 amide bonds. The first-order valence-corrected chi connectivity index (χ1v) is 12.7. The van der Waals surface area contributed by atoms with Gasteiger partial charge in [-0.3, -0.25) is 9.59 Å². The number of halogens is 2. The van der Waals surface area contributed by atoms with E-state index in [-0.39, 0.29) is 31.0 Å². The molecule has 0 saturated carbocycles. The van der Waals surface area contributed by atoms with Crippen LogP contribution in [-0.2, 0) is 22.6 Å².